The number of fused-ring (bicyclic) bond motifs is 1. The molecular weight excluding hydrogens is 324 g/mol. The summed E-state index contributed by atoms with van der Waals surface area (Å²) in [4.78, 5) is 21.5. The highest BCUT2D eigenvalue weighted by molar-refractivity contribution is 7.13. The second-order valence-corrected chi connectivity index (χ2v) is 6.87. The average Bonchev–Trinajstić information content (AvgIpc) is 3.18. The minimum atomic E-state index is -0.0671. The topological polar surface area (TPSA) is 58.7 Å². The average molecular weight is 344 g/mol. The van der Waals surface area contributed by atoms with E-state index in [1.165, 1.54) is 0 Å². The molecule has 0 spiro atoms. The fourth-order valence-corrected chi connectivity index (χ4v) is 3.86. The van der Waals surface area contributed by atoms with Crippen LogP contribution in [0.25, 0.3) is 5.65 Å². The molecule has 3 aromatic heterocycles. The third-order valence-electron chi connectivity index (χ3n) is 4.37. The SMILES string of the molecule is Cc1csc(N2CCN(CCn3nc4ccccn4c3=O)CC2)n1. The molecule has 4 heterocycles. The third kappa shape index (κ3) is 2.94. The van der Waals surface area contributed by atoms with Crippen molar-refractivity contribution in [3.63, 3.8) is 0 Å². The Bertz CT molecular complexity index is 889. The number of pyridine rings is 1. The van der Waals surface area contributed by atoms with Crippen molar-refractivity contribution in [2.24, 2.45) is 0 Å². The van der Waals surface area contributed by atoms with E-state index in [-0.39, 0.29) is 5.69 Å². The van der Waals surface area contributed by atoms with Gasteiger partial charge in [0.2, 0.25) is 0 Å². The van der Waals surface area contributed by atoms with Gasteiger partial charge in [0.15, 0.2) is 10.8 Å². The number of aromatic nitrogens is 4. The maximum Gasteiger partial charge on any atom is 0.350 e. The predicted molar refractivity (Wildman–Crippen MR) is 95.0 cm³/mol. The molecule has 0 bridgehead atoms. The number of anilines is 1. The first-order valence-corrected chi connectivity index (χ1v) is 9.02. The lowest BCUT2D eigenvalue weighted by Gasteiger charge is -2.34. The molecular formula is C16H20N6OS. The Balaban J connectivity index is 1.35. The summed E-state index contributed by atoms with van der Waals surface area (Å²) in [5.74, 6) is 0. The largest absolute Gasteiger partial charge is 0.350 e. The maximum absolute atomic E-state index is 12.3. The van der Waals surface area contributed by atoms with E-state index in [4.69, 9.17) is 0 Å². The summed E-state index contributed by atoms with van der Waals surface area (Å²) in [5.41, 5.74) is 1.72. The molecule has 1 fully saturated rings. The summed E-state index contributed by atoms with van der Waals surface area (Å²) in [5, 5.41) is 7.59. The van der Waals surface area contributed by atoms with Crippen LogP contribution in [0.3, 0.4) is 0 Å². The molecule has 0 atom stereocenters. The summed E-state index contributed by atoms with van der Waals surface area (Å²) in [6.45, 7) is 7.43. The molecule has 4 rings (SSSR count). The maximum atomic E-state index is 12.3. The van der Waals surface area contributed by atoms with Crippen molar-refractivity contribution in [3.05, 3.63) is 46.0 Å². The Morgan fingerprint density at radius 3 is 2.71 bits per heavy atom. The van der Waals surface area contributed by atoms with Gasteiger partial charge in [-0.2, -0.15) is 0 Å². The molecule has 126 valence electrons. The second-order valence-electron chi connectivity index (χ2n) is 6.03. The Labute approximate surface area is 143 Å². The molecule has 1 aliphatic rings. The Kier molecular flexibility index (Phi) is 4.07. The highest BCUT2D eigenvalue weighted by atomic mass is 32.1. The zero-order valence-corrected chi connectivity index (χ0v) is 14.4. The van der Waals surface area contributed by atoms with E-state index < -0.39 is 0 Å². The first-order chi connectivity index (χ1) is 11.7. The molecule has 0 aromatic carbocycles. The van der Waals surface area contributed by atoms with Crippen LogP contribution in [0.5, 0.6) is 0 Å². The molecule has 1 saturated heterocycles. The quantitative estimate of drug-likeness (QED) is 0.709. The van der Waals surface area contributed by atoms with Gasteiger partial charge in [0.1, 0.15) is 0 Å². The van der Waals surface area contributed by atoms with Gasteiger partial charge in [0, 0.05) is 44.3 Å². The molecule has 0 radical (unpaired) electrons. The minimum Gasteiger partial charge on any atom is -0.346 e. The van der Waals surface area contributed by atoms with Crippen LogP contribution >= 0.6 is 11.3 Å². The van der Waals surface area contributed by atoms with Crippen molar-refractivity contribution in [2.45, 2.75) is 13.5 Å². The molecule has 24 heavy (non-hydrogen) atoms. The van der Waals surface area contributed by atoms with E-state index in [0.717, 1.165) is 43.5 Å². The first-order valence-electron chi connectivity index (χ1n) is 8.14. The summed E-state index contributed by atoms with van der Waals surface area (Å²) in [7, 11) is 0. The van der Waals surface area contributed by atoms with E-state index >= 15 is 0 Å². The molecule has 0 amide bonds. The van der Waals surface area contributed by atoms with Gasteiger partial charge in [-0.25, -0.2) is 14.5 Å². The third-order valence-corrected chi connectivity index (χ3v) is 5.39. The van der Waals surface area contributed by atoms with Gasteiger partial charge in [-0.15, -0.1) is 16.4 Å². The van der Waals surface area contributed by atoms with Crippen LogP contribution in [0.15, 0.2) is 34.6 Å². The van der Waals surface area contributed by atoms with Crippen LogP contribution in [0, 0.1) is 6.92 Å². The molecule has 7 nitrogen and oxygen atoms in total. The molecule has 0 unspecified atom stereocenters. The van der Waals surface area contributed by atoms with Gasteiger partial charge in [-0.3, -0.25) is 9.30 Å². The first kappa shape index (κ1) is 15.3. The summed E-state index contributed by atoms with van der Waals surface area (Å²) in [6.07, 6.45) is 1.76. The van der Waals surface area contributed by atoms with Gasteiger partial charge in [0.25, 0.3) is 0 Å². The number of hydrogen-bond acceptors (Lipinski definition) is 6. The van der Waals surface area contributed by atoms with Crippen molar-refractivity contribution in [1.29, 1.82) is 0 Å². The van der Waals surface area contributed by atoms with Gasteiger partial charge >= 0.3 is 5.69 Å². The zero-order valence-electron chi connectivity index (χ0n) is 13.6. The summed E-state index contributed by atoms with van der Waals surface area (Å²) < 4.78 is 3.15. The predicted octanol–water partition coefficient (Wildman–Crippen LogP) is 1.08. The van der Waals surface area contributed by atoms with Gasteiger partial charge in [-0.05, 0) is 19.1 Å². The smallest absolute Gasteiger partial charge is 0.346 e. The number of hydrogen-bond donors (Lipinski definition) is 0. The number of aryl methyl sites for hydroxylation is 1. The van der Waals surface area contributed by atoms with E-state index in [9.17, 15) is 4.79 Å². The summed E-state index contributed by atoms with van der Waals surface area (Å²) in [6, 6.07) is 5.60. The number of rotatable bonds is 4. The lowest BCUT2D eigenvalue weighted by molar-refractivity contribution is 0.243. The molecule has 8 heteroatoms. The zero-order chi connectivity index (χ0) is 16.5. The number of thiazole rings is 1. The monoisotopic (exact) mass is 344 g/mol. The van der Waals surface area contributed by atoms with E-state index in [2.05, 4.69) is 25.3 Å². The minimum absolute atomic E-state index is 0.0671. The summed E-state index contributed by atoms with van der Waals surface area (Å²) >= 11 is 1.71. The van der Waals surface area contributed by atoms with Gasteiger partial charge in [0.05, 0.1) is 12.2 Å². The van der Waals surface area contributed by atoms with Gasteiger partial charge < -0.3 is 4.90 Å². The standard InChI is InChI=1S/C16H20N6OS/c1-13-12-24-15(17-13)20-9-6-19(7-10-20)8-11-22-16(23)21-5-3-2-4-14(21)18-22/h2-5,12H,6-11H2,1H3. The van der Waals surface area contributed by atoms with E-state index in [1.807, 2.05) is 25.1 Å². The second kappa shape index (κ2) is 6.37. The molecule has 0 saturated carbocycles. The van der Waals surface area contributed by atoms with E-state index in [0.29, 0.717) is 12.2 Å². The van der Waals surface area contributed by atoms with Crippen molar-refractivity contribution >= 4 is 22.1 Å². The Morgan fingerprint density at radius 1 is 1.17 bits per heavy atom. The number of nitrogens with zero attached hydrogens (tertiary/aromatic N) is 6. The lowest BCUT2D eigenvalue weighted by Crippen LogP contribution is -2.47. The molecule has 0 N–H and O–H groups in total. The normalized spacial score (nSPS) is 16.1. The fraction of sp³-hybridized carbons (Fsp3) is 0.438. The fourth-order valence-electron chi connectivity index (χ4n) is 3.00. The number of piperazine rings is 1. The highest BCUT2D eigenvalue weighted by Crippen LogP contribution is 2.21. The van der Waals surface area contributed by atoms with E-state index in [1.54, 1.807) is 26.6 Å². The van der Waals surface area contributed by atoms with Crippen LogP contribution in [-0.2, 0) is 6.54 Å². The van der Waals surface area contributed by atoms with Crippen molar-refractivity contribution < 1.29 is 0 Å². The highest BCUT2D eigenvalue weighted by Gasteiger charge is 2.19. The molecule has 3 aromatic rings. The lowest BCUT2D eigenvalue weighted by atomic mass is 10.3. The van der Waals surface area contributed by atoms with Crippen molar-refractivity contribution in [1.82, 2.24) is 24.1 Å². The van der Waals surface area contributed by atoms with Gasteiger partial charge in [-0.1, -0.05) is 6.07 Å². The Hall–Kier alpha value is -2.19. The molecule has 0 aliphatic carbocycles. The van der Waals surface area contributed by atoms with Crippen LogP contribution < -0.4 is 10.6 Å². The van der Waals surface area contributed by atoms with Crippen molar-refractivity contribution in [2.75, 3.05) is 37.6 Å². The van der Waals surface area contributed by atoms with Crippen molar-refractivity contribution in [3.8, 4) is 0 Å². The van der Waals surface area contributed by atoms with Crippen LogP contribution in [0.4, 0.5) is 5.13 Å². The van der Waals surface area contributed by atoms with Crippen LogP contribution in [0.1, 0.15) is 5.69 Å². The Morgan fingerprint density at radius 2 is 2.00 bits per heavy atom. The van der Waals surface area contributed by atoms with Crippen LogP contribution in [0.2, 0.25) is 0 Å². The molecule has 1 aliphatic heterocycles. The van der Waals surface area contributed by atoms with Crippen LogP contribution in [-0.4, -0.2) is 56.8 Å².